The number of carbonyl (C=O) groups is 1. The number of nitrogens with zero attached hydrogens (tertiary/aromatic N) is 1. The van der Waals surface area contributed by atoms with E-state index in [4.69, 9.17) is 10.5 Å². The molecule has 1 amide bonds. The summed E-state index contributed by atoms with van der Waals surface area (Å²) in [5.74, 6) is -0.475. The van der Waals surface area contributed by atoms with Gasteiger partial charge in [-0.3, -0.25) is 4.79 Å². The summed E-state index contributed by atoms with van der Waals surface area (Å²) in [4.78, 5) is 14.5. The van der Waals surface area contributed by atoms with Gasteiger partial charge in [0.05, 0.1) is 13.2 Å². The summed E-state index contributed by atoms with van der Waals surface area (Å²) in [6.07, 6.45) is 3.51. The lowest BCUT2D eigenvalue weighted by Crippen LogP contribution is -2.36. The first-order valence-corrected chi connectivity index (χ1v) is 8.31. The minimum absolute atomic E-state index is 0.0568. The third kappa shape index (κ3) is 4.20. The number of morpholine rings is 1. The first-order valence-electron chi connectivity index (χ1n) is 8.31. The van der Waals surface area contributed by atoms with E-state index in [-0.39, 0.29) is 23.7 Å². The summed E-state index contributed by atoms with van der Waals surface area (Å²) in [5.41, 5.74) is 7.23. The SMILES string of the molecule is NC1CCCC(C(=O)Nc2cc(F)cc(N3CCOCC3)c2)C1. The Morgan fingerprint density at radius 2 is 2.04 bits per heavy atom. The Kier molecular flexibility index (Phi) is 5.13. The Morgan fingerprint density at radius 3 is 2.78 bits per heavy atom. The predicted octanol–water partition coefficient (Wildman–Crippen LogP) is 2.12. The van der Waals surface area contributed by atoms with Crippen LogP contribution in [-0.2, 0) is 9.53 Å². The molecule has 1 aromatic rings. The van der Waals surface area contributed by atoms with Crippen LogP contribution in [-0.4, -0.2) is 38.3 Å². The van der Waals surface area contributed by atoms with Crippen molar-refractivity contribution in [3.05, 3.63) is 24.0 Å². The van der Waals surface area contributed by atoms with Crippen LogP contribution in [0.25, 0.3) is 0 Å². The number of ether oxygens (including phenoxy) is 1. The fourth-order valence-electron chi connectivity index (χ4n) is 3.36. The first-order chi connectivity index (χ1) is 11.1. The molecule has 1 aromatic carbocycles. The number of anilines is 2. The molecule has 0 spiro atoms. The Morgan fingerprint density at radius 1 is 1.26 bits per heavy atom. The Hall–Kier alpha value is -1.66. The van der Waals surface area contributed by atoms with Crippen LogP contribution in [0.3, 0.4) is 0 Å². The van der Waals surface area contributed by atoms with Crippen LogP contribution in [0.5, 0.6) is 0 Å². The lowest BCUT2D eigenvalue weighted by Gasteiger charge is -2.29. The molecule has 1 heterocycles. The van der Waals surface area contributed by atoms with Gasteiger partial charge < -0.3 is 20.7 Å². The summed E-state index contributed by atoms with van der Waals surface area (Å²) in [6, 6.07) is 4.79. The number of benzene rings is 1. The van der Waals surface area contributed by atoms with Gasteiger partial charge in [-0.05, 0) is 37.5 Å². The molecule has 1 aliphatic carbocycles. The van der Waals surface area contributed by atoms with Gasteiger partial charge in [-0.25, -0.2) is 4.39 Å². The van der Waals surface area contributed by atoms with Gasteiger partial charge in [-0.2, -0.15) is 0 Å². The molecule has 0 bridgehead atoms. The van der Waals surface area contributed by atoms with E-state index in [2.05, 4.69) is 10.2 Å². The van der Waals surface area contributed by atoms with Gasteiger partial charge in [0.2, 0.25) is 5.91 Å². The van der Waals surface area contributed by atoms with E-state index < -0.39 is 0 Å². The smallest absolute Gasteiger partial charge is 0.227 e. The van der Waals surface area contributed by atoms with Crippen LogP contribution in [0, 0.1) is 11.7 Å². The monoisotopic (exact) mass is 321 g/mol. The minimum atomic E-state index is -0.343. The molecular weight excluding hydrogens is 297 g/mol. The maximum Gasteiger partial charge on any atom is 0.227 e. The van der Waals surface area contributed by atoms with Gasteiger partial charge >= 0.3 is 0 Å². The molecule has 6 heteroatoms. The molecule has 3 rings (SSSR count). The lowest BCUT2D eigenvalue weighted by atomic mass is 9.85. The molecule has 1 saturated carbocycles. The number of nitrogens with two attached hydrogens (primary N) is 1. The van der Waals surface area contributed by atoms with E-state index in [9.17, 15) is 9.18 Å². The quantitative estimate of drug-likeness (QED) is 0.895. The summed E-state index contributed by atoms with van der Waals surface area (Å²) in [6.45, 7) is 2.74. The normalized spacial score (nSPS) is 25.2. The van der Waals surface area contributed by atoms with Crippen molar-refractivity contribution in [1.29, 1.82) is 0 Å². The number of hydrogen-bond acceptors (Lipinski definition) is 4. The number of carbonyl (C=O) groups excluding carboxylic acids is 1. The highest BCUT2D eigenvalue weighted by atomic mass is 19.1. The zero-order valence-corrected chi connectivity index (χ0v) is 13.3. The van der Waals surface area contributed by atoms with E-state index >= 15 is 0 Å². The highest BCUT2D eigenvalue weighted by Gasteiger charge is 2.25. The predicted molar refractivity (Wildman–Crippen MR) is 88.0 cm³/mol. The van der Waals surface area contributed by atoms with E-state index in [1.54, 1.807) is 0 Å². The van der Waals surface area contributed by atoms with Crippen molar-refractivity contribution in [1.82, 2.24) is 0 Å². The largest absolute Gasteiger partial charge is 0.378 e. The fraction of sp³-hybridized carbons (Fsp3) is 0.588. The number of amides is 1. The molecule has 23 heavy (non-hydrogen) atoms. The Balaban J connectivity index is 1.69. The van der Waals surface area contributed by atoms with Gasteiger partial charge in [0.25, 0.3) is 0 Å². The molecule has 0 radical (unpaired) electrons. The van der Waals surface area contributed by atoms with Crippen molar-refractivity contribution < 1.29 is 13.9 Å². The first kappa shape index (κ1) is 16.2. The molecule has 0 aromatic heterocycles. The van der Waals surface area contributed by atoms with Gasteiger partial charge in [0, 0.05) is 36.4 Å². The minimum Gasteiger partial charge on any atom is -0.378 e. The maximum absolute atomic E-state index is 13.9. The highest BCUT2D eigenvalue weighted by Crippen LogP contribution is 2.27. The second-order valence-electron chi connectivity index (χ2n) is 6.41. The van der Waals surface area contributed by atoms with Crippen molar-refractivity contribution in [3.63, 3.8) is 0 Å². The second kappa shape index (κ2) is 7.27. The lowest BCUT2D eigenvalue weighted by molar-refractivity contribution is -0.120. The van der Waals surface area contributed by atoms with Crippen LogP contribution < -0.4 is 16.0 Å². The van der Waals surface area contributed by atoms with Crippen molar-refractivity contribution in [3.8, 4) is 0 Å². The number of hydrogen-bond donors (Lipinski definition) is 2. The van der Waals surface area contributed by atoms with Crippen molar-refractivity contribution in [2.75, 3.05) is 36.5 Å². The van der Waals surface area contributed by atoms with E-state index in [0.717, 1.165) is 38.0 Å². The molecule has 1 aliphatic heterocycles. The summed E-state index contributed by atoms with van der Waals surface area (Å²) in [7, 11) is 0. The zero-order chi connectivity index (χ0) is 16.2. The summed E-state index contributed by atoms with van der Waals surface area (Å²) >= 11 is 0. The standard InChI is InChI=1S/C17H24FN3O2/c18-13-9-15(11-16(10-13)21-4-6-23-7-5-21)20-17(22)12-2-1-3-14(19)8-12/h9-12,14H,1-8,19H2,(H,20,22). The van der Waals surface area contributed by atoms with Gasteiger partial charge in [-0.1, -0.05) is 6.42 Å². The number of nitrogens with one attached hydrogen (secondary N) is 1. The van der Waals surface area contributed by atoms with Crippen LogP contribution in [0.4, 0.5) is 15.8 Å². The fourth-order valence-corrected chi connectivity index (χ4v) is 3.36. The third-order valence-electron chi connectivity index (χ3n) is 4.61. The van der Waals surface area contributed by atoms with Crippen LogP contribution in [0.15, 0.2) is 18.2 Å². The zero-order valence-electron chi connectivity index (χ0n) is 13.3. The molecule has 2 atom stereocenters. The second-order valence-corrected chi connectivity index (χ2v) is 6.41. The van der Waals surface area contributed by atoms with E-state index in [0.29, 0.717) is 25.3 Å². The average molecular weight is 321 g/mol. The summed E-state index contributed by atoms with van der Waals surface area (Å²) in [5, 5.41) is 2.86. The Labute approximate surface area is 136 Å². The molecular formula is C17H24FN3O2. The van der Waals surface area contributed by atoms with E-state index in [1.807, 2.05) is 6.07 Å². The van der Waals surface area contributed by atoms with Crippen LogP contribution in [0.1, 0.15) is 25.7 Å². The highest BCUT2D eigenvalue weighted by molar-refractivity contribution is 5.93. The number of rotatable bonds is 3. The van der Waals surface area contributed by atoms with Gasteiger partial charge in [0.1, 0.15) is 5.82 Å². The maximum atomic E-state index is 13.9. The van der Waals surface area contributed by atoms with Crippen molar-refractivity contribution in [2.24, 2.45) is 11.7 Å². The third-order valence-corrected chi connectivity index (χ3v) is 4.61. The van der Waals surface area contributed by atoms with Crippen LogP contribution >= 0.6 is 0 Å². The Bertz CT molecular complexity index is 561. The number of halogens is 1. The molecule has 5 nitrogen and oxygen atoms in total. The molecule has 2 aliphatic rings. The molecule has 1 saturated heterocycles. The average Bonchev–Trinajstić information content (AvgIpc) is 2.55. The van der Waals surface area contributed by atoms with Crippen molar-refractivity contribution >= 4 is 17.3 Å². The van der Waals surface area contributed by atoms with Crippen molar-refractivity contribution in [2.45, 2.75) is 31.7 Å². The van der Waals surface area contributed by atoms with E-state index in [1.165, 1.54) is 12.1 Å². The van der Waals surface area contributed by atoms with Gasteiger partial charge in [0.15, 0.2) is 0 Å². The molecule has 2 unspecified atom stereocenters. The summed E-state index contributed by atoms with van der Waals surface area (Å²) < 4.78 is 19.2. The van der Waals surface area contributed by atoms with Crippen LogP contribution in [0.2, 0.25) is 0 Å². The molecule has 3 N–H and O–H groups in total. The molecule has 2 fully saturated rings. The van der Waals surface area contributed by atoms with Gasteiger partial charge in [-0.15, -0.1) is 0 Å². The molecule has 126 valence electrons. The topological polar surface area (TPSA) is 67.6 Å².